The van der Waals surface area contributed by atoms with Crippen LogP contribution in [0.25, 0.3) is 0 Å². The molecule has 3 rings (SSSR count). The molecular formula is C19H23N5O3. The van der Waals surface area contributed by atoms with Gasteiger partial charge in [-0.3, -0.25) is 14.6 Å². The highest BCUT2D eigenvalue weighted by molar-refractivity contribution is 5.92. The Morgan fingerprint density at radius 1 is 1.19 bits per heavy atom. The van der Waals surface area contributed by atoms with E-state index in [1.807, 2.05) is 36.7 Å². The van der Waals surface area contributed by atoms with E-state index in [-0.39, 0.29) is 5.91 Å². The van der Waals surface area contributed by atoms with E-state index in [1.54, 1.807) is 26.4 Å². The van der Waals surface area contributed by atoms with Gasteiger partial charge in [0, 0.05) is 23.9 Å². The molecule has 0 radical (unpaired) electrons. The van der Waals surface area contributed by atoms with E-state index in [9.17, 15) is 4.79 Å². The normalized spacial score (nSPS) is 10.7. The highest BCUT2D eigenvalue weighted by Crippen LogP contribution is 2.24. The molecule has 142 valence electrons. The molecule has 8 heteroatoms. The van der Waals surface area contributed by atoms with Crippen LogP contribution >= 0.6 is 0 Å². The highest BCUT2D eigenvalue weighted by Gasteiger charge is 2.13. The van der Waals surface area contributed by atoms with Crippen LogP contribution in [0.1, 0.15) is 33.1 Å². The molecule has 3 aromatic rings. The van der Waals surface area contributed by atoms with Gasteiger partial charge < -0.3 is 14.8 Å². The van der Waals surface area contributed by atoms with Crippen LogP contribution in [-0.4, -0.2) is 40.1 Å². The maximum absolute atomic E-state index is 12.4. The summed E-state index contributed by atoms with van der Waals surface area (Å²) < 4.78 is 12.4. The summed E-state index contributed by atoms with van der Waals surface area (Å²) in [6.07, 6.45) is 0. The van der Waals surface area contributed by atoms with Crippen molar-refractivity contribution in [2.45, 2.75) is 26.9 Å². The Morgan fingerprint density at radius 3 is 2.67 bits per heavy atom. The predicted molar refractivity (Wildman–Crippen MR) is 100 cm³/mol. The molecule has 2 aromatic heterocycles. The molecule has 27 heavy (non-hydrogen) atoms. The number of methoxy groups -OCH3 is 2. The zero-order valence-corrected chi connectivity index (χ0v) is 15.9. The summed E-state index contributed by atoms with van der Waals surface area (Å²) in [5.41, 5.74) is 4.01. The maximum Gasteiger partial charge on any atom is 0.272 e. The molecule has 1 aromatic carbocycles. The fourth-order valence-corrected chi connectivity index (χ4v) is 2.82. The first-order valence-corrected chi connectivity index (χ1v) is 8.54. The number of carbonyl (C=O) groups excluding carboxylic acids is 1. The number of H-pyrrole nitrogens is 1. The molecule has 2 N–H and O–H groups in total. The molecule has 0 unspecified atom stereocenters. The van der Waals surface area contributed by atoms with Gasteiger partial charge in [-0.2, -0.15) is 10.2 Å². The molecule has 0 bridgehead atoms. The van der Waals surface area contributed by atoms with E-state index in [0.29, 0.717) is 30.3 Å². The van der Waals surface area contributed by atoms with Gasteiger partial charge in [0.2, 0.25) is 0 Å². The van der Waals surface area contributed by atoms with Crippen LogP contribution in [0.15, 0.2) is 30.3 Å². The summed E-state index contributed by atoms with van der Waals surface area (Å²) in [6.45, 7) is 4.80. The molecule has 0 aliphatic carbocycles. The van der Waals surface area contributed by atoms with Crippen molar-refractivity contribution in [3.05, 3.63) is 58.7 Å². The van der Waals surface area contributed by atoms with Crippen molar-refractivity contribution in [3.63, 3.8) is 0 Å². The van der Waals surface area contributed by atoms with Gasteiger partial charge in [0.05, 0.1) is 32.2 Å². The van der Waals surface area contributed by atoms with Crippen molar-refractivity contribution in [1.82, 2.24) is 25.3 Å². The van der Waals surface area contributed by atoms with Gasteiger partial charge in [-0.05, 0) is 38.1 Å². The van der Waals surface area contributed by atoms with Crippen molar-refractivity contribution in [3.8, 4) is 11.5 Å². The summed E-state index contributed by atoms with van der Waals surface area (Å²) >= 11 is 0. The fraction of sp³-hybridized carbons (Fsp3) is 0.316. The third-order valence-electron chi connectivity index (χ3n) is 4.22. The Kier molecular flexibility index (Phi) is 5.44. The van der Waals surface area contributed by atoms with Crippen molar-refractivity contribution < 1.29 is 14.3 Å². The lowest BCUT2D eigenvalue weighted by Crippen LogP contribution is -2.23. The second-order valence-electron chi connectivity index (χ2n) is 6.22. The standard InChI is InChI=1S/C19H23N5O3/c1-12-7-13(2)24(23-12)11-15-8-17(22-21-15)19(25)20-10-14-5-6-16(26-3)9-18(14)27-4/h5-9H,10-11H2,1-4H3,(H,20,25)(H,21,22). The fourth-order valence-electron chi connectivity index (χ4n) is 2.82. The molecule has 2 heterocycles. The zero-order chi connectivity index (χ0) is 19.4. The predicted octanol–water partition coefficient (Wildman–Crippen LogP) is 2.22. The van der Waals surface area contributed by atoms with Crippen LogP contribution in [0.5, 0.6) is 11.5 Å². The molecule has 0 saturated heterocycles. The second kappa shape index (κ2) is 7.94. The number of hydrogen-bond acceptors (Lipinski definition) is 5. The van der Waals surface area contributed by atoms with E-state index in [1.165, 1.54) is 0 Å². The summed E-state index contributed by atoms with van der Waals surface area (Å²) in [5, 5.41) is 14.3. The first kappa shape index (κ1) is 18.5. The number of aryl methyl sites for hydroxylation is 2. The van der Waals surface area contributed by atoms with Gasteiger partial charge in [-0.25, -0.2) is 0 Å². The minimum atomic E-state index is -0.260. The van der Waals surface area contributed by atoms with Crippen molar-refractivity contribution in [2.24, 2.45) is 0 Å². The highest BCUT2D eigenvalue weighted by atomic mass is 16.5. The van der Waals surface area contributed by atoms with E-state index in [2.05, 4.69) is 20.6 Å². The number of nitrogens with one attached hydrogen (secondary N) is 2. The molecule has 1 amide bonds. The number of amides is 1. The zero-order valence-electron chi connectivity index (χ0n) is 15.9. The molecule has 0 spiro atoms. The summed E-state index contributed by atoms with van der Waals surface area (Å²) in [4.78, 5) is 12.4. The lowest BCUT2D eigenvalue weighted by molar-refractivity contribution is 0.0945. The molecule has 0 atom stereocenters. The largest absolute Gasteiger partial charge is 0.497 e. The van der Waals surface area contributed by atoms with Gasteiger partial charge >= 0.3 is 0 Å². The number of carbonyl (C=O) groups is 1. The number of aromatic amines is 1. The topological polar surface area (TPSA) is 94.1 Å². The summed E-state index contributed by atoms with van der Waals surface area (Å²) in [6, 6.07) is 9.20. The van der Waals surface area contributed by atoms with E-state index in [0.717, 1.165) is 22.6 Å². The number of hydrogen-bond donors (Lipinski definition) is 2. The van der Waals surface area contributed by atoms with Crippen LogP contribution in [0.3, 0.4) is 0 Å². The Balaban J connectivity index is 1.64. The Labute approximate surface area is 157 Å². The SMILES string of the molecule is COc1ccc(CNC(=O)c2cc(Cn3nc(C)cc3C)[nH]n2)c(OC)c1. The Bertz CT molecular complexity index is 945. The Morgan fingerprint density at radius 2 is 2.00 bits per heavy atom. The van der Waals surface area contributed by atoms with E-state index >= 15 is 0 Å². The molecule has 0 aliphatic rings. The van der Waals surface area contributed by atoms with Crippen LogP contribution in [-0.2, 0) is 13.1 Å². The van der Waals surface area contributed by atoms with E-state index in [4.69, 9.17) is 9.47 Å². The molecule has 0 aliphatic heterocycles. The number of rotatable bonds is 7. The average Bonchev–Trinajstić information content (AvgIpc) is 3.26. The van der Waals surface area contributed by atoms with Gasteiger partial charge in [-0.1, -0.05) is 0 Å². The number of aromatic nitrogens is 4. The van der Waals surface area contributed by atoms with Crippen LogP contribution < -0.4 is 14.8 Å². The number of nitrogens with zero attached hydrogens (tertiary/aromatic N) is 3. The molecular weight excluding hydrogens is 346 g/mol. The lowest BCUT2D eigenvalue weighted by Gasteiger charge is -2.10. The van der Waals surface area contributed by atoms with Crippen LogP contribution in [0.2, 0.25) is 0 Å². The third-order valence-corrected chi connectivity index (χ3v) is 4.22. The maximum atomic E-state index is 12.4. The van der Waals surface area contributed by atoms with Crippen molar-refractivity contribution in [2.75, 3.05) is 14.2 Å². The van der Waals surface area contributed by atoms with E-state index < -0.39 is 0 Å². The van der Waals surface area contributed by atoms with Crippen LogP contribution in [0, 0.1) is 13.8 Å². The third kappa shape index (κ3) is 4.28. The minimum Gasteiger partial charge on any atom is -0.497 e. The van der Waals surface area contributed by atoms with Gasteiger partial charge in [-0.15, -0.1) is 0 Å². The molecule has 0 fully saturated rings. The van der Waals surface area contributed by atoms with Gasteiger partial charge in [0.15, 0.2) is 0 Å². The second-order valence-corrected chi connectivity index (χ2v) is 6.22. The first-order chi connectivity index (χ1) is 13.0. The lowest BCUT2D eigenvalue weighted by atomic mass is 10.2. The number of benzene rings is 1. The Hall–Kier alpha value is -3.29. The quantitative estimate of drug-likeness (QED) is 0.666. The summed E-state index contributed by atoms with van der Waals surface area (Å²) in [7, 11) is 3.18. The van der Waals surface area contributed by atoms with Gasteiger partial charge in [0.25, 0.3) is 5.91 Å². The number of ether oxygens (including phenoxy) is 2. The average molecular weight is 369 g/mol. The molecule has 8 nitrogen and oxygen atoms in total. The van der Waals surface area contributed by atoms with Crippen LogP contribution in [0.4, 0.5) is 0 Å². The van der Waals surface area contributed by atoms with Crippen molar-refractivity contribution >= 4 is 5.91 Å². The minimum absolute atomic E-state index is 0.260. The van der Waals surface area contributed by atoms with Gasteiger partial charge in [0.1, 0.15) is 17.2 Å². The van der Waals surface area contributed by atoms with Crippen molar-refractivity contribution in [1.29, 1.82) is 0 Å². The first-order valence-electron chi connectivity index (χ1n) is 8.54. The monoisotopic (exact) mass is 369 g/mol. The molecule has 0 saturated carbocycles. The smallest absolute Gasteiger partial charge is 0.272 e. The summed E-state index contributed by atoms with van der Waals surface area (Å²) in [5.74, 6) is 1.09.